The lowest BCUT2D eigenvalue weighted by Gasteiger charge is -2.24. The van der Waals surface area contributed by atoms with Crippen molar-refractivity contribution in [2.45, 2.75) is 153 Å². The molecule has 0 saturated carbocycles. The normalized spacial score (nSPS) is 12.3. The average Bonchev–Trinajstić information content (AvgIpc) is 3.04. The third-order valence-corrected chi connectivity index (χ3v) is 14.7. The second-order valence-electron chi connectivity index (χ2n) is 14.5. The molecule has 0 fully saturated rings. The Morgan fingerprint density at radius 1 is 0.708 bits per heavy atom. The molecule has 0 amide bonds. The minimum atomic E-state index is -1.51. The topological polar surface area (TPSA) is 135 Å². The van der Waals surface area contributed by atoms with Crippen molar-refractivity contribution in [3.63, 3.8) is 0 Å². The van der Waals surface area contributed by atoms with Crippen molar-refractivity contribution in [3.05, 3.63) is 0 Å². The fraction of sp³-hybridized carbons (Fsp3) is 0.889. The predicted octanol–water partition coefficient (Wildman–Crippen LogP) is 8.20. The largest absolute Gasteiger partial charge is 0.481 e. The molecule has 0 bridgehead atoms. The average molecular weight is 725 g/mol. The molecule has 288 valence electrons. The van der Waals surface area contributed by atoms with Gasteiger partial charge in [-0.3, -0.25) is 19.2 Å². The lowest BCUT2D eigenvalue weighted by molar-refractivity contribution is -0.155. The summed E-state index contributed by atoms with van der Waals surface area (Å²) in [6.07, 6.45) is 6.65. The number of aliphatic carboxylic acids is 1. The minimum absolute atomic E-state index is 0.0716. The molecule has 12 heteroatoms. The van der Waals surface area contributed by atoms with E-state index in [0.29, 0.717) is 19.8 Å². The van der Waals surface area contributed by atoms with Gasteiger partial charge in [-0.15, -0.1) is 0 Å². The number of carbonyl (C=O) groups excluding carboxylic acids is 3. The Bertz CT molecular complexity index is 858. The van der Waals surface area contributed by atoms with Crippen LogP contribution >= 0.6 is 0 Å². The van der Waals surface area contributed by atoms with Crippen LogP contribution < -0.4 is 0 Å². The highest BCUT2D eigenvalue weighted by Crippen LogP contribution is 2.23. The summed E-state index contributed by atoms with van der Waals surface area (Å²) in [5.41, 5.74) is -1.03. The van der Waals surface area contributed by atoms with Crippen LogP contribution in [0, 0.1) is 22.2 Å². The number of ether oxygens (including phenoxy) is 4. The number of hydrogen-bond donors (Lipinski definition) is 1. The Morgan fingerprint density at radius 2 is 1.15 bits per heavy atom. The van der Waals surface area contributed by atoms with Gasteiger partial charge in [-0.2, -0.15) is 0 Å². The minimum Gasteiger partial charge on any atom is -0.481 e. The first-order valence-corrected chi connectivity index (χ1v) is 22.5. The number of rotatable bonds is 20. The van der Waals surface area contributed by atoms with Gasteiger partial charge in [0.15, 0.2) is 8.32 Å². The van der Waals surface area contributed by atoms with Crippen molar-refractivity contribution in [1.82, 2.24) is 0 Å². The maximum absolute atomic E-state index is 11.8. The number of methoxy groups -OCH3 is 2. The van der Waals surface area contributed by atoms with Crippen LogP contribution in [0.5, 0.6) is 0 Å². The summed E-state index contributed by atoms with van der Waals surface area (Å²) in [6.45, 7) is 29.0. The van der Waals surface area contributed by atoms with Crippen molar-refractivity contribution in [2.75, 3.05) is 34.0 Å². The molecule has 0 aliphatic rings. The van der Waals surface area contributed by atoms with Crippen LogP contribution in [0.25, 0.3) is 0 Å². The fourth-order valence-corrected chi connectivity index (χ4v) is 7.99. The third-order valence-electron chi connectivity index (χ3n) is 8.45. The van der Waals surface area contributed by atoms with Gasteiger partial charge in [0.2, 0.25) is 0 Å². The van der Waals surface area contributed by atoms with Gasteiger partial charge < -0.3 is 28.2 Å². The molecule has 0 saturated heterocycles. The van der Waals surface area contributed by atoms with Gasteiger partial charge in [0.1, 0.15) is 16.4 Å². The van der Waals surface area contributed by atoms with Crippen LogP contribution in [0.4, 0.5) is 0 Å². The van der Waals surface area contributed by atoms with Crippen molar-refractivity contribution in [1.29, 1.82) is 0 Å². The molecular weight excluding hydrogens is 649 g/mol. The second kappa shape index (κ2) is 29.0. The molecule has 0 aromatic heterocycles. The molecule has 48 heavy (non-hydrogen) atoms. The van der Waals surface area contributed by atoms with E-state index < -0.39 is 14.3 Å². The maximum Gasteiger partial charge on any atom is 0.311 e. The zero-order valence-corrected chi connectivity index (χ0v) is 36.3. The standard InChI is InChI=1S/C15H34O3Si2.C9H18O3.C7H14O2.C5H10O2/c1-7-9-12-19-18-20(5,6)13-10-11-17-14(16)15(3,4)8-2;1-5-9(2,3)8(10)12-7-6-11-4;1-5-7(2,3)6(8)9-4;1-3-4(2)5(6)7/h7-13,19H2,1-6H3;5-7H2,1-4H3;5H2,1-4H3;4H,3H2,1-2H3,(H,6,7). The molecule has 0 heterocycles. The van der Waals surface area contributed by atoms with E-state index >= 15 is 0 Å². The van der Waals surface area contributed by atoms with E-state index in [4.69, 9.17) is 23.4 Å². The van der Waals surface area contributed by atoms with Crippen LogP contribution in [-0.4, -0.2) is 81.1 Å². The van der Waals surface area contributed by atoms with E-state index in [1.54, 1.807) is 14.0 Å². The van der Waals surface area contributed by atoms with Crippen LogP contribution in [0.1, 0.15) is 128 Å². The monoisotopic (exact) mass is 724 g/mol. The van der Waals surface area contributed by atoms with E-state index in [2.05, 4.69) is 24.8 Å². The molecule has 1 atom stereocenters. The molecule has 0 aromatic rings. The quantitative estimate of drug-likeness (QED) is 0.0567. The molecule has 0 radical (unpaired) electrons. The summed E-state index contributed by atoms with van der Waals surface area (Å²) in [5, 5.41) is 8.18. The Kier molecular flexibility index (Phi) is 32.1. The molecule has 1 unspecified atom stereocenters. The highest BCUT2D eigenvalue weighted by Gasteiger charge is 2.28. The molecule has 1 N–H and O–H groups in total. The SMILES string of the molecule is CCC(C)(C)C(=O)OC.CCC(C)(C)C(=O)OCCOC.CCC(C)C(=O)O.CCCC[SiH2]O[Si](C)(C)CCCOC(=O)C(C)(C)CC. The van der Waals surface area contributed by atoms with Crippen molar-refractivity contribution >= 4 is 42.0 Å². The first-order chi connectivity index (χ1) is 22.0. The molecule has 10 nitrogen and oxygen atoms in total. The zero-order chi connectivity index (χ0) is 38.6. The Labute approximate surface area is 298 Å². The van der Waals surface area contributed by atoms with Gasteiger partial charge in [-0.25, -0.2) is 0 Å². The zero-order valence-electron chi connectivity index (χ0n) is 33.9. The summed E-state index contributed by atoms with van der Waals surface area (Å²) in [7, 11) is 1.16. The predicted molar refractivity (Wildman–Crippen MR) is 201 cm³/mol. The van der Waals surface area contributed by atoms with Crippen molar-refractivity contribution in [3.8, 4) is 0 Å². The highest BCUT2D eigenvalue weighted by molar-refractivity contribution is 6.75. The molecule has 0 rings (SSSR count). The second-order valence-corrected chi connectivity index (χ2v) is 20.8. The number of carbonyl (C=O) groups is 4. The van der Waals surface area contributed by atoms with Gasteiger partial charge in [-0.1, -0.05) is 54.4 Å². The lowest BCUT2D eigenvalue weighted by atomic mass is 9.91. The van der Waals surface area contributed by atoms with E-state index in [0.717, 1.165) is 38.1 Å². The number of hydrogen-bond acceptors (Lipinski definition) is 9. The van der Waals surface area contributed by atoms with Crippen molar-refractivity contribution in [2.24, 2.45) is 22.2 Å². The van der Waals surface area contributed by atoms with Gasteiger partial charge in [-0.05, 0) is 98.8 Å². The number of carboxylic acids is 1. The molecular formula is C36H76O10Si2. The third kappa shape index (κ3) is 29.2. The summed E-state index contributed by atoms with van der Waals surface area (Å²) in [5.74, 6) is -1.24. The van der Waals surface area contributed by atoms with Gasteiger partial charge >= 0.3 is 23.9 Å². The Hall–Kier alpha value is -1.77. The van der Waals surface area contributed by atoms with E-state index in [1.807, 2.05) is 69.2 Å². The van der Waals surface area contributed by atoms with Gasteiger partial charge in [0.05, 0.1) is 42.5 Å². The van der Waals surface area contributed by atoms with E-state index in [-0.39, 0.29) is 49.8 Å². The number of esters is 3. The number of unbranched alkanes of at least 4 members (excludes halogenated alkanes) is 1. The maximum atomic E-state index is 11.8. The van der Waals surface area contributed by atoms with Crippen LogP contribution in [0.15, 0.2) is 0 Å². The van der Waals surface area contributed by atoms with E-state index in [1.165, 1.54) is 26.0 Å². The van der Waals surface area contributed by atoms with Crippen LogP contribution in [0.3, 0.4) is 0 Å². The first-order valence-electron chi connectivity index (χ1n) is 17.8. The Balaban J connectivity index is -0.000000294. The fourth-order valence-electron chi connectivity index (χ4n) is 2.93. The van der Waals surface area contributed by atoms with Crippen LogP contribution in [-0.2, 0) is 42.2 Å². The molecule has 0 spiro atoms. The molecule has 0 aliphatic heterocycles. The smallest absolute Gasteiger partial charge is 0.311 e. The summed E-state index contributed by atoms with van der Waals surface area (Å²) in [4.78, 5) is 43.9. The molecule has 0 aliphatic carbocycles. The Morgan fingerprint density at radius 3 is 1.46 bits per heavy atom. The van der Waals surface area contributed by atoms with Crippen LogP contribution in [0.2, 0.25) is 25.2 Å². The molecule has 0 aromatic carbocycles. The lowest BCUT2D eigenvalue weighted by Crippen LogP contribution is -2.32. The van der Waals surface area contributed by atoms with E-state index in [9.17, 15) is 19.2 Å². The van der Waals surface area contributed by atoms with Gasteiger partial charge in [0.25, 0.3) is 0 Å². The highest BCUT2D eigenvalue weighted by atomic mass is 28.4. The summed E-state index contributed by atoms with van der Waals surface area (Å²) < 4.78 is 25.8. The summed E-state index contributed by atoms with van der Waals surface area (Å²) in [6, 6.07) is 2.39. The first kappa shape index (κ1) is 53.0. The summed E-state index contributed by atoms with van der Waals surface area (Å²) >= 11 is 0. The van der Waals surface area contributed by atoms with Gasteiger partial charge in [0, 0.05) is 7.11 Å². The number of carboxylic acid groups (broad SMARTS) is 1. The van der Waals surface area contributed by atoms with Crippen molar-refractivity contribution < 1.29 is 47.3 Å².